The number of hydrogen-bond acceptors (Lipinski definition) is 4. The van der Waals surface area contributed by atoms with Crippen molar-refractivity contribution in [2.24, 2.45) is 5.92 Å². The van der Waals surface area contributed by atoms with Gasteiger partial charge in [0.1, 0.15) is 11.9 Å². The molecule has 2 heterocycles. The van der Waals surface area contributed by atoms with Crippen molar-refractivity contribution in [2.45, 2.75) is 51.6 Å². The molecule has 2 aliphatic rings. The molecule has 1 N–H and O–H groups in total. The second kappa shape index (κ2) is 9.28. The third-order valence-electron chi connectivity index (χ3n) is 6.11. The minimum atomic E-state index is 0.0225. The summed E-state index contributed by atoms with van der Waals surface area (Å²) in [6.45, 7) is 3.34. The number of nitrogens with one attached hydrogen (secondary N) is 1. The second-order valence-corrected chi connectivity index (χ2v) is 8.30. The summed E-state index contributed by atoms with van der Waals surface area (Å²) in [4.78, 5) is 30.9. The molecule has 0 bridgehead atoms. The van der Waals surface area contributed by atoms with Crippen LogP contribution in [0.25, 0.3) is 0 Å². The van der Waals surface area contributed by atoms with Crippen LogP contribution in [0.3, 0.4) is 0 Å². The van der Waals surface area contributed by atoms with Gasteiger partial charge in [-0.05, 0) is 43.5 Å². The van der Waals surface area contributed by atoms with Gasteiger partial charge < -0.3 is 15.0 Å². The van der Waals surface area contributed by atoms with Crippen molar-refractivity contribution in [3.63, 3.8) is 0 Å². The first-order valence-corrected chi connectivity index (χ1v) is 10.9. The Morgan fingerprint density at radius 2 is 1.87 bits per heavy atom. The number of rotatable bonds is 5. The van der Waals surface area contributed by atoms with Gasteiger partial charge in [-0.15, -0.1) is 0 Å². The smallest absolute Gasteiger partial charge is 0.255 e. The zero-order chi connectivity index (χ0) is 20.9. The molecule has 1 aromatic heterocycles. The molecule has 2 aromatic rings. The highest BCUT2D eigenvalue weighted by atomic mass is 16.5. The molecule has 6 heteroatoms. The van der Waals surface area contributed by atoms with E-state index in [4.69, 9.17) is 4.74 Å². The second-order valence-electron chi connectivity index (χ2n) is 8.30. The third-order valence-corrected chi connectivity index (χ3v) is 6.11. The maximum atomic E-state index is 12.6. The van der Waals surface area contributed by atoms with E-state index < -0.39 is 0 Å². The van der Waals surface area contributed by atoms with E-state index in [2.05, 4.69) is 10.3 Å². The summed E-state index contributed by atoms with van der Waals surface area (Å²) in [5.74, 6) is 1.08. The van der Waals surface area contributed by atoms with Crippen molar-refractivity contribution in [1.29, 1.82) is 0 Å². The summed E-state index contributed by atoms with van der Waals surface area (Å²) in [6, 6.07) is 9.43. The highest BCUT2D eigenvalue weighted by molar-refractivity contribution is 5.94. The molecule has 1 aliphatic carbocycles. The highest BCUT2D eigenvalue weighted by Gasteiger charge is 2.26. The molecule has 0 atom stereocenters. The molecule has 2 amide bonds. The molecule has 1 aromatic carbocycles. The fourth-order valence-corrected chi connectivity index (χ4v) is 4.27. The minimum absolute atomic E-state index is 0.0225. The Labute approximate surface area is 177 Å². The number of ether oxygens (including phenoxy) is 1. The molecule has 2 fully saturated rings. The number of likely N-dealkylation sites (tertiary alicyclic amines) is 1. The number of hydrogen-bond donors (Lipinski definition) is 1. The van der Waals surface area contributed by atoms with Gasteiger partial charge in [-0.25, -0.2) is 0 Å². The fraction of sp³-hybridized carbons (Fsp3) is 0.458. The van der Waals surface area contributed by atoms with Crippen LogP contribution < -0.4 is 10.1 Å². The summed E-state index contributed by atoms with van der Waals surface area (Å²) >= 11 is 0. The van der Waals surface area contributed by atoms with E-state index in [1.165, 1.54) is 0 Å². The molecule has 0 radical (unpaired) electrons. The van der Waals surface area contributed by atoms with Crippen molar-refractivity contribution >= 4 is 17.5 Å². The molecule has 1 aliphatic heterocycles. The average Bonchev–Trinajstić information content (AvgIpc) is 3.32. The van der Waals surface area contributed by atoms with E-state index in [0.717, 1.165) is 55.5 Å². The highest BCUT2D eigenvalue weighted by Crippen LogP contribution is 2.29. The lowest BCUT2D eigenvalue weighted by Gasteiger charge is -2.32. The summed E-state index contributed by atoms with van der Waals surface area (Å²) < 4.78 is 6.27. The topological polar surface area (TPSA) is 71.5 Å². The minimum Gasteiger partial charge on any atom is -0.490 e. The predicted octanol–water partition coefficient (Wildman–Crippen LogP) is 4.20. The van der Waals surface area contributed by atoms with Crippen LogP contribution in [0.1, 0.15) is 54.4 Å². The maximum absolute atomic E-state index is 12.6. The predicted molar refractivity (Wildman–Crippen MR) is 116 cm³/mol. The molecule has 0 spiro atoms. The van der Waals surface area contributed by atoms with E-state index in [9.17, 15) is 9.59 Å². The van der Waals surface area contributed by atoms with Crippen LogP contribution in [0, 0.1) is 12.8 Å². The molecule has 6 nitrogen and oxygen atoms in total. The number of aryl methyl sites for hydroxylation is 1. The molecular formula is C24H29N3O3. The molecule has 0 unspecified atom stereocenters. The van der Waals surface area contributed by atoms with E-state index in [1.54, 1.807) is 24.5 Å². The normalized spacial score (nSPS) is 17.7. The van der Waals surface area contributed by atoms with Crippen LogP contribution >= 0.6 is 0 Å². The van der Waals surface area contributed by atoms with Gasteiger partial charge in [0.25, 0.3) is 5.91 Å². The quantitative estimate of drug-likeness (QED) is 0.806. The summed E-state index contributed by atoms with van der Waals surface area (Å²) in [5, 5.41) is 3.05. The van der Waals surface area contributed by atoms with Crippen molar-refractivity contribution < 1.29 is 14.3 Å². The first-order chi connectivity index (χ1) is 14.6. The number of carbonyl (C=O) groups is 2. The summed E-state index contributed by atoms with van der Waals surface area (Å²) in [6.07, 6.45) is 9.15. The Kier molecular flexibility index (Phi) is 6.31. The van der Waals surface area contributed by atoms with Crippen LogP contribution in [-0.4, -0.2) is 40.9 Å². The Morgan fingerprint density at radius 3 is 2.57 bits per heavy atom. The average molecular weight is 408 g/mol. The number of aromatic nitrogens is 1. The van der Waals surface area contributed by atoms with Crippen molar-refractivity contribution in [3.05, 3.63) is 53.9 Å². The number of pyridine rings is 1. The number of nitrogens with zero attached hydrogens (tertiary/aromatic N) is 2. The zero-order valence-corrected chi connectivity index (χ0v) is 17.5. The first kappa shape index (κ1) is 20.4. The van der Waals surface area contributed by atoms with Gasteiger partial charge in [-0.1, -0.05) is 18.9 Å². The lowest BCUT2D eigenvalue weighted by molar-refractivity contribution is -0.119. The number of anilines is 1. The van der Waals surface area contributed by atoms with Crippen LogP contribution in [0.5, 0.6) is 5.75 Å². The summed E-state index contributed by atoms with van der Waals surface area (Å²) in [7, 11) is 0. The molecular weight excluding hydrogens is 378 g/mol. The van der Waals surface area contributed by atoms with E-state index in [0.29, 0.717) is 18.7 Å². The van der Waals surface area contributed by atoms with Gasteiger partial charge in [0.15, 0.2) is 0 Å². The van der Waals surface area contributed by atoms with Crippen LogP contribution in [0.2, 0.25) is 0 Å². The van der Waals surface area contributed by atoms with Gasteiger partial charge in [-0.2, -0.15) is 0 Å². The number of carbonyl (C=O) groups excluding carboxylic acids is 2. The molecule has 4 rings (SSSR count). The number of piperidine rings is 1. The van der Waals surface area contributed by atoms with Crippen LogP contribution in [0.15, 0.2) is 42.7 Å². The molecule has 30 heavy (non-hydrogen) atoms. The van der Waals surface area contributed by atoms with Crippen LogP contribution in [-0.2, 0) is 4.79 Å². The van der Waals surface area contributed by atoms with E-state index >= 15 is 0 Å². The van der Waals surface area contributed by atoms with Gasteiger partial charge in [0.2, 0.25) is 5.91 Å². The van der Waals surface area contributed by atoms with Crippen molar-refractivity contribution in [2.75, 3.05) is 18.4 Å². The Balaban J connectivity index is 1.33. The lowest BCUT2D eigenvalue weighted by Crippen LogP contribution is -2.41. The monoisotopic (exact) mass is 407 g/mol. The summed E-state index contributed by atoms with van der Waals surface area (Å²) in [5.41, 5.74) is 2.46. The van der Waals surface area contributed by atoms with E-state index in [-0.39, 0.29) is 23.8 Å². The molecule has 158 valence electrons. The fourth-order valence-electron chi connectivity index (χ4n) is 4.27. The van der Waals surface area contributed by atoms with Gasteiger partial charge >= 0.3 is 0 Å². The van der Waals surface area contributed by atoms with Crippen molar-refractivity contribution in [1.82, 2.24) is 9.88 Å². The van der Waals surface area contributed by atoms with E-state index in [1.807, 2.05) is 30.0 Å². The van der Waals surface area contributed by atoms with Gasteiger partial charge in [0.05, 0.1) is 5.56 Å². The Hall–Kier alpha value is -2.89. The molecule has 1 saturated heterocycles. The number of benzene rings is 1. The Bertz CT molecular complexity index is 886. The Morgan fingerprint density at radius 1 is 1.10 bits per heavy atom. The van der Waals surface area contributed by atoms with Crippen molar-refractivity contribution in [3.8, 4) is 5.75 Å². The standard InChI is InChI=1S/C24H29N3O3/c1-17-8-9-20(26-23(28)18-5-2-3-6-18)15-22(17)30-21-10-13-27(14-11-21)24(29)19-7-4-12-25-16-19/h4,7-9,12,15-16,18,21H,2-3,5-6,10-11,13-14H2,1H3,(H,26,28). The lowest BCUT2D eigenvalue weighted by atomic mass is 10.1. The zero-order valence-electron chi connectivity index (χ0n) is 17.5. The van der Waals surface area contributed by atoms with Gasteiger partial charge in [0, 0.05) is 56.0 Å². The number of amides is 2. The first-order valence-electron chi connectivity index (χ1n) is 10.9. The van der Waals surface area contributed by atoms with Crippen LogP contribution in [0.4, 0.5) is 5.69 Å². The SMILES string of the molecule is Cc1ccc(NC(=O)C2CCCC2)cc1OC1CCN(C(=O)c2cccnc2)CC1. The van der Waals surface area contributed by atoms with Gasteiger partial charge in [-0.3, -0.25) is 14.6 Å². The largest absolute Gasteiger partial charge is 0.490 e. The maximum Gasteiger partial charge on any atom is 0.255 e. The molecule has 1 saturated carbocycles. The third kappa shape index (κ3) is 4.81.